The fourth-order valence-corrected chi connectivity index (χ4v) is 2.98. The van der Waals surface area contributed by atoms with Crippen LogP contribution < -0.4 is 5.73 Å². The number of hydrogen-bond donors (Lipinski definition) is 2. The van der Waals surface area contributed by atoms with Gasteiger partial charge in [-0.05, 0) is 37.2 Å². The molecule has 0 aromatic rings. The maximum Gasteiger partial charge on any atom is 0.326 e. The number of carbonyl (C=O) groups is 2. The summed E-state index contributed by atoms with van der Waals surface area (Å²) in [5.41, 5.74) is 5.87. The van der Waals surface area contributed by atoms with Crippen molar-refractivity contribution in [2.45, 2.75) is 44.7 Å². The van der Waals surface area contributed by atoms with Crippen molar-refractivity contribution in [2.24, 2.45) is 11.7 Å². The third-order valence-corrected chi connectivity index (χ3v) is 4.45. The van der Waals surface area contributed by atoms with E-state index in [4.69, 9.17) is 5.73 Å². The number of aliphatic carboxylic acids is 1. The molecule has 1 aliphatic rings. The molecule has 19 heavy (non-hydrogen) atoms. The molecule has 3 atom stereocenters. The molecule has 1 heterocycles. The van der Waals surface area contributed by atoms with Crippen LogP contribution in [-0.4, -0.2) is 52.5 Å². The molecule has 110 valence electrons. The Labute approximate surface area is 118 Å². The molecule has 0 radical (unpaired) electrons. The minimum absolute atomic E-state index is 0.212. The number of likely N-dealkylation sites (tertiary alicyclic amines) is 1. The Balaban J connectivity index is 2.68. The van der Waals surface area contributed by atoms with E-state index in [1.54, 1.807) is 11.8 Å². The van der Waals surface area contributed by atoms with E-state index >= 15 is 0 Å². The molecule has 1 saturated heterocycles. The number of carbonyl (C=O) groups excluding carboxylic acids is 1. The van der Waals surface area contributed by atoms with Gasteiger partial charge < -0.3 is 15.7 Å². The lowest BCUT2D eigenvalue weighted by Crippen LogP contribution is -2.55. The third kappa shape index (κ3) is 4.38. The smallest absolute Gasteiger partial charge is 0.326 e. The molecular weight excluding hydrogens is 264 g/mol. The van der Waals surface area contributed by atoms with Crippen LogP contribution in [0, 0.1) is 5.92 Å². The molecule has 1 aliphatic heterocycles. The van der Waals surface area contributed by atoms with Crippen LogP contribution in [0.15, 0.2) is 0 Å². The molecule has 0 aromatic heterocycles. The van der Waals surface area contributed by atoms with Crippen LogP contribution in [-0.2, 0) is 9.59 Å². The predicted molar refractivity (Wildman–Crippen MR) is 77.1 cm³/mol. The number of rotatable bonds is 6. The number of carboxylic acid groups (broad SMARTS) is 1. The molecule has 3 N–H and O–H groups in total. The first kappa shape index (κ1) is 16.3. The maximum atomic E-state index is 12.2. The Kier molecular flexibility index (Phi) is 6.65. The monoisotopic (exact) mass is 288 g/mol. The molecule has 1 rings (SSSR count). The average molecular weight is 288 g/mol. The zero-order valence-electron chi connectivity index (χ0n) is 11.7. The van der Waals surface area contributed by atoms with Gasteiger partial charge in [-0.3, -0.25) is 4.79 Å². The highest BCUT2D eigenvalue weighted by Gasteiger charge is 2.37. The summed E-state index contributed by atoms with van der Waals surface area (Å²) < 4.78 is 0. The lowest BCUT2D eigenvalue weighted by Gasteiger charge is -2.38. The van der Waals surface area contributed by atoms with E-state index in [2.05, 4.69) is 6.92 Å². The summed E-state index contributed by atoms with van der Waals surface area (Å²) in [6.45, 7) is 2.58. The molecule has 1 fully saturated rings. The summed E-state index contributed by atoms with van der Waals surface area (Å²) in [6.07, 6.45) is 4.95. The number of thioether (sulfide) groups is 1. The second-order valence-corrected chi connectivity index (χ2v) is 6.06. The SMILES string of the molecule is CCC1CCN(C(=O)[C@H](N)CCSC)C(C(=O)O)C1. The molecule has 0 aliphatic carbocycles. The Morgan fingerprint density at radius 1 is 1.53 bits per heavy atom. The van der Waals surface area contributed by atoms with E-state index < -0.39 is 18.1 Å². The van der Waals surface area contributed by atoms with E-state index in [-0.39, 0.29) is 5.91 Å². The first-order valence-electron chi connectivity index (χ1n) is 6.79. The summed E-state index contributed by atoms with van der Waals surface area (Å²) in [6, 6.07) is -1.28. The molecule has 1 amide bonds. The molecule has 0 bridgehead atoms. The summed E-state index contributed by atoms with van der Waals surface area (Å²) in [4.78, 5) is 25.0. The summed E-state index contributed by atoms with van der Waals surface area (Å²) >= 11 is 1.64. The highest BCUT2D eigenvalue weighted by atomic mass is 32.2. The molecule has 0 spiro atoms. The van der Waals surface area contributed by atoms with Crippen LogP contribution in [0.4, 0.5) is 0 Å². The number of piperidine rings is 1. The van der Waals surface area contributed by atoms with Crippen LogP contribution >= 0.6 is 11.8 Å². The Hall–Kier alpha value is -0.750. The maximum absolute atomic E-state index is 12.2. The van der Waals surface area contributed by atoms with Gasteiger partial charge in [-0.2, -0.15) is 11.8 Å². The van der Waals surface area contributed by atoms with Gasteiger partial charge >= 0.3 is 5.97 Å². The van der Waals surface area contributed by atoms with Gasteiger partial charge in [-0.1, -0.05) is 13.3 Å². The Morgan fingerprint density at radius 2 is 2.21 bits per heavy atom. The third-order valence-electron chi connectivity index (χ3n) is 3.81. The fourth-order valence-electron chi connectivity index (χ4n) is 2.49. The second kappa shape index (κ2) is 7.75. The predicted octanol–water partition coefficient (Wildman–Crippen LogP) is 1.17. The number of nitrogens with zero attached hydrogens (tertiary/aromatic N) is 1. The molecule has 6 heteroatoms. The first-order valence-corrected chi connectivity index (χ1v) is 8.18. The van der Waals surface area contributed by atoms with Crippen molar-refractivity contribution in [1.29, 1.82) is 0 Å². The molecule has 2 unspecified atom stereocenters. The van der Waals surface area contributed by atoms with Crippen molar-refractivity contribution >= 4 is 23.6 Å². The van der Waals surface area contributed by atoms with Crippen LogP contribution in [0.5, 0.6) is 0 Å². The van der Waals surface area contributed by atoms with E-state index in [0.717, 1.165) is 18.6 Å². The minimum Gasteiger partial charge on any atom is -0.480 e. The Morgan fingerprint density at radius 3 is 2.74 bits per heavy atom. The van der Waals surface area contributed by atoms with Gasteiger partial charge in [0.2, 0.25) is 5.91 Å². The molecule has 5 nitrogen and oxygen atoms in total. The molecule has 0 aromatic carbocycles. The van der Waals surface area contributed by atoms with Crippen molar-refractivity contribution < 1.29 is 14.7 Å². The van der Waals surface area contributed by atoms with Crippen LogP contribution in [0.2, 0.25) is 0 Å². The van der Waals surface area contributed by atoms with E-state index in [0.29, 0.717) is 25.3 Å². The van der Waals surface area contributed by atoms with Crippen LogP contribution in [0.25, 0.3) is 0 Å². The second-order valence-electron chi connectivity index (χ2n) is 5.07. The highest BCUT2D eigenvalue weighted by molar-refractivity contribution is 7.98. The van der Waals surface area contributed by atoms with Crippen LogP contribution in [0.3, 0.4) is 0 Å². The van der Waals surface area contributed by atoms with E-state index in [1.165, 1.54) is 4.90 Å². The summed E-state index contributed by atoms with van der Waals surface area (Å²) in [5.74, 6) is 0.0860. The van der Waals surface area contributed by atoms with Crippen molar-refractivity contribution in [3.8, 4) is 0 Å². The largest absolute Gasteiger partial charge is 0.480 e. The van der Waals surface area contributed by atoms with E-state index in [9.17, 15) is 14.7 Å². The van der Waals surface area contributed by atoms with Crippen molar-refractivity contribution in [2.75, 3.05) is 18.6 Å². The van der Waals surface area contributed by atoms with Gasteiger partial charge in [0.05, 0.1) is 6.04 Å². The zero-order chi connectivity index (χ0) is 14.4. The normalized spacial score (nSPS) is 25.1. The van der Waals surface area contributed by atoms with Crippen molar-refractivity contribution in [1.82, 2.24) is 4.90 Å². The standard InChI is InChI=1S/C13H24N2O3S/c1-3-9-4-6-15(11(8-9)13(17)18)12(16)10(14)5-7-19-2/h9-11H,3-8,14H2,1-2H3,(H,17,18)/t9?,10-,11?/m1/s1. The summed E-state index contributed by atoms with van der Waals surface area (Å²) in [7, 11) is 0. The van der Waals surface area contributed by atoms with Crippen LogP contribution in [0.1, 0.15) is 32.6 Å². The van der Waals surface area contributed by atoms with Gasteiger partial charge in [0.1, 0.15) is 6.04 Å². The quantitative estimate of drug-likeness (QED) is 0.766. The topological polar surface area (TPSA) is 83.6 Å². The number of hydrogen-bond acceptors (Lipinski definition) is 4. The van der Waals surface area contributed by atoms with Gasteiger partial charge in [-0.15, -0.1) is 0 Å². The highest BCUT2D eigenvalue weighted by Crippen LogP contribution is 2.26. The summed E-state index contributed by atoms with van der Waals surface area (Å²) in [5, 5.41) is 9.29. The molecule has 0 saturated carbocycles. The zero-order valence-corrected chi connectivity index (χ0v) is 12.5. The Bertz CT molecular complexity index is 325. The first-order chi connectivity index (χ1) is 9.01. The van der Waals surface area contributed by atoms with Crippen molar-refractivity contribution in [3.05, 3.63) is 0 Å². The number of amides is 1. The van der Waals surface area contributed by atoms with Crippen molar-refractivity contribution in [3.63, 3.8) is 0 Å². The lowest BCUT2D eigenvalue weighted by atomic mass is 9.88. The van der Waals surface area contributed by atoms with Gasteiger partial charge in [-0.25, -0.2) is 4.79 Å². The average Bonchev–Trinajstić information content (AvgIpc) is 2.43. The minimum atomic E-state index is -0.913. The van der Waals surface area contributed by atoms with Gasteiger partial charge in [0, 0.05) is 6.54 Å². The fraction of sp³-hybridized carbons (Fsp3) is 0.846. The van der Waals surface area contributed by atoms with E-state index in [1.807, 2.05) is 6.26 Å². The lowest BCUT2D eigenvalue weighted by molar-refractivity contribution is -0.153. The molecular formula is C13H24N2O3S. The van der Waals surface area contributed by atoms with Gasteiger partial charge in [0.25, 0.3) is 0 Å². The number of carboxylic acids is 1. The number of nitrogens with two attached hydrogens (primary N) is 1. The van der Waals surface area contributed by atoms with Gasteiger partial charge in [0.15, 0.2) is 0 Å².